The minimum Gasteiger partial charge on any atom is -0.342 e. The van der Waals surface area contributed by atoms with E-state index < -0.39 is 0 Å². The molecule has 19 heavy (non-hydrogen) atoms. The van der Waals surface area contributed by atoms with E-state index in [-0.39, 0.29) is 27.6 Å². The highest BCUT2D eigenvalue weighted by Crippen LogP contribution is 2.60. The van der Waals surface area contributed by atoms with Crippen molar-refractivity contribution in [2.24, 2.45) is 29.1 Å². The summed E-state index contributed by atoms with van der Waals surface area (Å²) in [5, 5.41) is 0. The zero-order chi connectivity index (χ0) is 14.4. The molecule has 2 fully saturated rings. The van der Waals surface area contributed by atoms with E-state index in [0.717, 1.165) is 13.1 Å². The van der Waals surface area contributed by atoms with Crippen LogP contribution in [0.1, 0.15) is 34.1 Å². The molecule has 4 unspecified atom stereocenters. The minimum absolute atomic E-state index is 0.0178. The highest BCUT2D eigenvalue weighted by molar-refractivity contribution is 6.55. The number of carbonyl (C=O) groups is 1. The van der Waals surface area contributed by atoms with Gasteiger partial charge in [0, 0.05) is 13.1 Å². The number of hydrogen-bond donors (Lipinski definition) is 0. The van der Waals surface area contributed by atoms with Gasteiger partial charge in [-0.1, -0.05) is 50.9 Å². The Morgan fingerprint density at radius 3 is 2.21 bits per heavy atom. The van der Waals surface area contributed by atoms with Crippen LogP contribution in [0.15, 0.2) is 10.6 Å². The van der Waals surface area contributed by atoms with Crippen molar-refractivity contribution in [3.8, 4) is 0 Å². The minimum atomic E-state index is -0.0178. The molecule has 2 nitrogen and oxygen atoms in total. The number of piperidine rings is 1. The Labute approximate surface area is 126 Å². The van der Waals surface area contributed by atoms with Crippen LogP contribution in [0.25, 0.3) is 0 Å². The van der Waals surface area contributed by atoms with Crippen LogP contribution in [-0.4, -0.2) is 23.9 Å². The molecule has 1 amide bonds. The van der Waals surface area contributed by atoms with E-state index in [1.807, 2.05) is 11.0 Å². The summed E-state index contributed by atoms with van der Waals surface area (Å²) in [6.45, 7) is 10.5. The van der Waals surface area contributed by atoms with Crippen molar-refractivity contribution in [2.75, 3.05) is 13.1 Å². The van der Waals surface area contributed by atoms with E-state index in [1.165, 1.54) is 6.42 Å². The maximum Gasteiger partial charge on any atom is 0.226 e. The average molecular weight is 304 g/mol. The van der Waals surface area contributed by atoms with Gasteiger partial charge in [0.25, 0.3) is 0 Å². The van der Waals surface area contributed by atoms with Crippen LogP contribution >= 0.6 is 23.2 Å². The van der Waals surface area contributed by atoms with E-state index in [1.54, 1.807) is 0 Å². The van der Waals surface area contributed by atoms with Crippen molar-refractivity contribution >= 4 is 29.1 Å². The van der Waals surface area contributed by atoms with E-state index in [9.17, 15) is 4.79 Å². The monoisotopic (exact) mass is 303 g/mol. The highest BCUT2D eigenvalue weighted by atomic mass is 35.5. The van der Waals surface area contributed by atoms with Crippen molar-refractivity contribution in [1.82, 2.24) is 4.90 Å². The first-order chi connectivity index (χ1) is 8.73. The summed E-state index contributed by atoms with van der Waals surface area (Å²) in [6.07, 6.45) is 3.04. The first-order valence-electron chi connectivity index (χ1n) is 7.05. The smallest absolute Gasteiger partial charge is 0.226 e. The third kappa shape index (κ3) is 3.11. The van der Waals surface area contributed by atoms with Gasteiger partial charge in [0.2, 0.25) is 5.91 Å². The normalized spacial score (nSPS) is 36.8. The molecule has 4 atom stereocenters. The SMILES string of the molecule is CC1CC(C)CN(C(=O)C2C(C=C(Cl)Cl)C2(C)C)C1. The van der Waals surface area contributed by atoms with Crippen molar-refractivity contribution in [3.63, 3.8) is 0 Å². The summed E-state index contributed by atoms with van der Waals surface area (Å²) in [5.74, 6) is 1.69. The van der Waals surface area contributed by atoms with Gasteiger partial charge < -0.3 is 4.90 Å². The molecule has 1 aliphatic heterocycles. The summed E-state index contributed by atoms with van der Waals surface area (Å²) >= 11 is 11.5. The van der Waals surface area contributed by atoms with Crippen LogP contribution in [-0.2, 0) is 4.79 Å². The first-order valence-corrected chi connectivity index (χ1v) is 7.80. The molecule has 4 heteroatoms. The second kappa shape index (κ2) is 5.29. The van der Waals surface area contributed by atoms with Crippen LogP contribution < -0.4 is 0 Å². The Morgan fingerprint density at radius 1 is 1.21 bits per heavy atom. The molecule has 0 aromatic carbocycles. The predicted octanol–water partition coefficient (Wildman–Crippen LogP) is 4.08. The molecule has 0 radical (unpaired) electrons. The largest absolute Gasteiger partial charge is 0.342 e. The highest BCUT2D eigenvalue weighted by Gasteiger charge is 2.61. The van der Waals surface area contributed by atoms with Crippen LogP contribution in [0.2, 0.25) is 0 Å². The van der Waals surface area contributed by atoms with Crippen molar-refractivity contribution in [2.45, 2.75) is 34.1 Å². The zero-order valence-electron chi connectivity index (χ0n) is 12.1. The number of rotatable bonds is 2. The number of carbonyl (C=O) groups excluding carboxylic acids is 1. The molecule has 1 heterocycles. The quantitative estimate of drug-likeness (QED) is 0.752. The standard InChI is InChI=1S/C15H23Cl2NO/c1-9-5-10(2)8-18(7-9)14(19)13-11(6-12(16)17)15(13,3)4/h6,9-11,13H,5,7-8H2,1-4H3. The summed E-state index contributed by atoms with van der Waals surface area (Å²) in [5.41, 5.74) is -0.0178. The molecule has 0 aromatic heterocycles. The van der Waals surface area contributed by atoms with Gasteiger partial charge in [-0.15, -0.1) is 0 Å². The lowest BCUT2D eigenvalue weighted by Gasteiger charge is -2.35. The van der Waals surface area contributed by atoms with Crippen molar-refractivity contribution < 1.29 is 4.79 Å². The van der Waals surface area contributed by atoms with Crippen LogP contribution in [0, 0.1) is 29.1 Å². The molecule has 2 rings (SSSR count). The number of nitrogens with zero attached hydrogens (tertiary/aromatic N) is 1. The van der Waals surface area contributed by atoms with Gasteiger partial charge in [-0.2, -0.15) is 0 Å². The van der Waals surface area contributed by atoms with Gasteiger partial charge in [0.1, 0.15) is 4.49 Å². The number of likely N-dealkylation sites (tertiary alicyclic amines) is 1. The lowest BCUT2D eigenvalue weighted by atomic mass is 9.91. The van der Waals surface area contributed by atoms with Gasteiger partial charge in [0.15, 0.2) is 0 Å². The Bertz CT molecular complexity index is 391. The third-order valence-electron chi connectivity index (χ3n) is 4.66. The Kier molecular flexibility index (Phi) is 4.23. The summed E-state index contributed by atoms with van der Waals surface area (Å²) in [4.78, 5) is 14.7. The number of halogens is 2. The van der Waals surface area contributed by atoms with E-state index in [2.05, 4.69) is 27.7 Å². The fourth-order valence-electron chi connectivity index (χ4n) is 3.64. The van der Waals surface area contributed by atoms with Gasteiger partial charge in [-0.05, 0) is 35.7 Å². The first kappa shape index (κ1) is 15.2. The van der Waals surface area contributed by atoms with Gasteiger partial charge in [0.05, 0.1) is 5.92 Å². The molecule has 0 aromatic rings. The number of amides is 1. The van der Waals surface area contributed by atoms with Crippen molar-refractivity contribution in [1.29, 1.82) is 0 Å². The van der Waals surface area contributed by atoms with Gasteiger partial charge >= 0.3 is 0 Å². The predicted molar refractivity (Wildman–Crippen MR) is 80.1 cm³/mol. The van der Waals surface area contributed by atoms with E-state index >= 15 is 0 Å². The van der Waals surface area contributed by atoms with Crippen molar-refractivity contribution in [3.05, 3.63) is 10.6 Å². The second-order valence-corrected chi connectivity index (χ2v) is 7.98. The maximum absolute atomic E-state index is 12.7. The Hall–Kier alpha value is -0.210. The van der Waals surface area contributed by atoms with E-state index in [0.29, 0.717) is 11.8 Å². The molecule has 1 aliphatic carbocycles. The topological polar surface area (TPSA) is 20.3 Å². The summed E-state index contributed by atoms with van der Waals surface area (Å²) in [6, 6.07) is 0. The number of hydrogen-bond acceptors (Lipinski definition) is 1. The molecule has 0 N–H and O–H groups in total. The number of allylic oxidation sites excluding steroid dienone is 1. The fourth-order valence-corrected chi connectivity index (χ4v) is 3.91. The molecule has 0 spiro atoms. The molecule has 1 saturated heterocycles. The van der Waals surface area contributed by atoms with Crippen LogP contribution in [0.5, 0.6) is 0 Å². The molecule has 108 valence electrons. The van der Waals surface area contributed by atoms with Gasteiger partial charge in [-0.3, -0.25) is 4.79 Å². The fraction of sp³-hybridized carbons (Fsp3) is 0.800. The zero-order valence-corrected chi connectivity index (χ0v) is 13.6. The summed E-state index contributed by atoms with van der Waals surface area (Å²) < 4.78 is 0.272. The Balaban J connectivity index is 2.07. The molecule has 2 aliphatic rings. The van der Waals surface area contributed by atoms with Gasteiger partial charge in [-0.25, -0.2) is 0 Å². The molecular weight excluding hydrogens is 281 g/mol. The van der Waals surface area contributed by atoms with E-state index in [4.69, 9.17) is 23.2 Å². The second-order valence-electron chi connectivity index (χ2n) is 6.97. The lowest BCUT2D eigenvalue weighted by molar-refractivity contribution is -0.136. The van der Waals surface area contributed by atoms with Crippen LogP contribution in [0.4, 0.5) is 0 Å². The Morgan fingerprint density at radius 2 is 1.74 bits per heavy atom. The average Bonchev–Trinajstić information content (AvgIpc) is 2.77. The molecule has 0 bridgehead atoms. The summed E-state index contributed by atoms with van der Waals surface area (Å²) in [7, 11) is 0. The lowest BCUT2D eigenvalue weighted by Crippen LogP contribution is -2.44. The molecule has 1 saturated carbocycles. The third-order valence-corrected chi connectivity index (χ3v) is 4.91. The molecular formula is C15H23Cl2NO. The maximum atomic E-state index is 12.7. The van der Waals surface area contributed by atoms with Crippen LogP contribution in [0.3, 0.4) is 0 Å².